The lowest BCUT2D eigenvalue weighted by Gasteiger charge is -2.32. The maximum atomic E-state index is 6.21. The Kier molecular flexibility index (Phi) is 8.82. The van der Waals surface area contributed by atoms with Crippen molar-refractivity contribution < 1.29 is 4.74 Å². The Morgan fingerprint density at radius 2 is 2.04 bits per heavy atom. The molecular weight excluding hydrogens is 359 g/mol. The molecule has 140 valence electrons. The first kappa shape index (κ1) is 20.3. The lowest BCUT2D eigenvalue weighted by atomic mass is 9.97. The maximum Gasteiger partial charge on any atom is 0.191 e. The van der Waals surface area contributed by atoms with E-state index in [1.807, 2.05) is 12.1 Å². The lowest BCUT2D eigenvalue weighted by molar-refractivity contribution is 0.121. The molecule has 7 heteroatoms. The fraction of sp³-hybridized carbons (Fsp3) is 0.611. The number of rotatable bonds is 7. The highest BCUT2D eigenvalue weighted by Gasteiger charge is 2.19. The van der Waals surface area contributed by atoms with Gasteiger partial charge in [0.05, 0.1) is 6.61 Å². The molecule has 1 heterocycles. The zero-order valence-corrected chi connectivity index (χ0v) is 16.5. The van der Waals surface area contributed by atoms with Crippen LogP contribution >= 0.6 is 23.2 Å². The monoisotopic (exact) mass is 386 g/mol. The summed E-state index contributed by atoms with van der Waals surface area (Å²) in [5, 5.41) is 8.04. The van der Waals surface area contributed by atoms with Crippen molar-refractivity contribution in [2.24, 2.45) is 10.9 Å². The molecule has 1 aliphatic heterocycles. The third-order valence-corrected chi connectivity index (χ3v) is 5.15. The van der Waals surface area contributed by atoms with E-state index in [1.165, 1.54) is 12.8 Å². The predicted molar refractivity (Wildman–Crippen MR) is 106 cm³/mol. The van der Waals surface area contributed by atoms with Gasteiger partial charge in [-0.2, -0.15) is 0 Å². The van der Waals surface area contributed by atoms with Gasteiger partial charge in [-0.15, -0.1) is 0 Å². The van der Waals surface area contributed by atoms with Gasteiger partial charge in [-0.05, 0) is 49.5 Å². The molecule has 2 N–H and O–H groups in total. The Bertz CT molecular complexity index is 560. The van der Waals surface area contributed by atoms with Crippen molar-refractivity contribution in [3.8, 4) is 0 Å². The zero-order valence-electron chi connectivity index (χ0n) is 15.0. The van der Waals surface area contributed by atoms with E-state index in [-0.39, 0.29) is 0 Å². The van der Waals surface area contributed by atoms with Gasteiger partial charge in [-0.1, -0.05) is 29.3 Å². The third-order valence-electron chi connectivity index (χ3n) is 4.56. The van der Waals surface area contributed by atoms with Crippen LogP contribution in [0.25, 0.3) is 0 Å². The van der Waals surface area contributed by atoms with Crippen LogP contribution in [0.15, 0.2) is 23.2 Å². The SMILES string of the molecule is CN=C(NCc1ccc(Cl)cc1Cl)NCC1CCN(CCOC)CC1. The Balaban J connectivity index is 1.70. The molecule has 1 aliphatic rings. The summed E-state index contributed by atoms with van der Waals surface area (Å²) < 4.78 is 5.15. The first-order chi connectivity index (χ1) is 12.1. The molecule has 1 fully saturated rings. The number of hydrogen-bond acceptors (Lipinski definition) is 3. The summed E-state index contributed by atoms with van der Waals surface area (Å²) >= 11 is 12.1. The average Bonchev–Trinajstić information content (AvgIpc) is 2.62. The van der Waals surface area contributed by atoms with Crippen molar-refractivity contribution >= 4 is 29.2 Å². The van der Waals surface area contributed by atoms with Crippen molar-refractivity contribution in [2.45, 2.75) is 19.4 Å². The van der Waals surface area contributed by atoms with Gasteiger partial charge in [-0.3, -0.25) is 4.99 Å². The van der Waals surface area contributed by atoms with Crippen molar-refractivity contribution in [2.75, 3.05) is 46.9 Å². The summed E-state index contributed by atoms with van der Waals surface area (Å²) in [6, 6.07) is 5.53. The van der Waals surface area contributed by atoms with Crippen LogP contribution in [-0.4, -0.2) is 57.8 Å². The molecule has 25 heavy (non-hydrogen) atoms. The highest BCUT2D eigenvalue weighted by Crippen LogP contribution is 2.20. The molecule has 0 aromatic heterocycles. The minimum absolute atomic E-state index is 0.616. The van der Waals surface area contributed by atoms with Crippen LogP contribution in [0, 0.1) is 5.92 Å². The number of nitrogens with zero attached hydrogens (tertiary/aromatic N) is 2. The number of likely N-dealkylation sites (tertiary alicyclic amines) is 1. The summed E-state index contributed by atoms with van der Waals surface area (Å²) in [6.45, 7) is 5.68. The van der Waals surface area contributed by atoms with E-state index >= 15 is 0 Å². The summed E-state index contributed by atoms with van der Waals surface area (Å²) in [5.74, 6) is 1.48. The molecule has 0 amide bonds. The second kappa shape index (κ2) is 10.9. The third kappa shape index (κ3) is 7.02. The number of ether oxygens (including phenoxy) is 1. The smallest absolute Gasteiger partial charge is 0.191 e. The number of aliphatic imine (C=N–C) groups is 1. The van der Waals surface area contributed by atoms with Crippen molar-refractivity contribution in [1.82, 2.24) is 15.5 Å². The number of benzene rings is 1. The van der Waals surface area contributed by atoms with E-state index in [4.69, 9.17) is 27.9 Å². The van der Waals surface area contributed by atoms with Crippen molar-refractivity contribution in [1.29, 1.82) is 0 Å². The molecule has 0 bridgehead atoms. The van der Waals surface area contributed by atoms with Gasteiger partial charge < -0.3 is 20.3 Å². The van der Waals surface area contributed by atoms with E-state index < -0.39 is 0 Å². The van der Waals surface area contributed by atoms with Gasteiger partial charge in [-0.25, -0.2) is 0 Å². The van der Waals surface area contributed by atoms with Crippen molar-refractivity contribution in [3.63, 3.8) is 0 Å². The molecule has 1 saturated heterocycles. The van der Waals surface area contributed by atoms with Crippen LogP contribution in [0.3, 0.4) is 0 Å². The van der Waals surface area contributed by atoms with Crippen LogP contribution in [-0.2, 0) is 11.3 Å². The van der Waals surface area contributed by atoms with Gasteiger partial charge in [0.1, 0.15) is 0 Å². The molecule has 0 atom stereocenters. The van der Waals surface area contributed by atoms with Crippen LogP contribution in [0.2, 0.25) is 10.0 Å². The Morgan fingerprint density at radius 3 is 2.68 bits per heavy atom. The van der Waals surface area contributed by atoms with E-state index in [0.717, 1.165) is 44.3 Å². The highest BCUT2D eigenvalue weighted by atomic mass is 35.5. The minimum Gasteiger partial charge on any atom is -0.383 e. The standard InChI is InChI=1S/C18H28Cl2N4O/c1-21-18(23-13-15-3-4-16(19)11-17(15)20)22-12-14-5-7-24(8-6-14)9-10-25-2/h3-4,11,14H,5-10,12-13H2,1-2H3,(H2,21,22,23). The molecule has 0 spiro atoms. The summed E-state index contributed by atoms with van der Waals surface area (Å²) in [5.41, 5.74) is 1.00. The van der Waals surface area contributed by atoms with Gasteiger partial charge in [0.25, 0.3) is 0 Å². The molecule has 0 radical (unpaired) electrons. The maximum absolute atomic E-state index is 6.21. The first-order valence-corrected chi connectivity index (χ1v) is 9.47. The molecule has 0 aliphatic carbocycles. The highest BCUT2D eigenvalue weighted by molar-refractivity contribution is 6.35. The fourth-order valence-electron chi connectivity index (χ4n) is 2.94. The van der Waals surface area contributed by atoms with Crippen LogP contribution in [0.1, 0.15) is 18.4 Å². The van der Waals surface area contributed by atoms with Crippen LogP contribution in [0.5, 0.6) is 0 Å². The van der Waals surface area contributed by atoms with Crippen LogP contribution in [0.4, 0.5) is 0 Å². The van der Waals surface area contributed by atoms with Gasteiger partial charge in [0.2, 0.25) is 0 Å². The second-order valence-electron chi connectivity index (χ2n) is 6.32. The normalized spacial score (nSPS) is 16.9. The molecule has 0 unspecified atom stereocenters. The number of guanidine groups is 1. The predicted octanol–water partition coefficient (Wildman–Crippen LogP) is 3.02. The Hall–Kier alpha value is -1.01. The molecular formula is C18H28Cl2N4O. The molecule has 0 saturated carbocycles. The van der Waals surface area contributed by atoms with Crippen LogP contribution < -0.4 is 10.6 Å². The summed E-state index contributed by atoms with van der Waals surface area (Å²) in [6.07, 6.45) is 2.41. The zero-order chi connectivity index (χ0) is 18.1. The lowest BCUT2D eigenvalue weighted by Crippen LogP contribution is -2.43. The fourth-order valence-corrected chi connectivity index (χ4v) is 3.42. The van der Waals surface area contributed by atoms with Gasteiger partial charge in [0, 0.05) is 43.8 Å². The summed E-state index contributed by atoms with van der Waals surface area (Å²) in [4.78, 5) is 6.76. The van der Waals surface area contributed by atoms with E-state index in [9.17, 15) is 0 Å². The molecule has 1 aromatic carbocycles. The Morgan fingerprint density at radius 1 is 1.28 bits per heavy atom. The molecule has 1 aromatic rings. The van der Waals surface area contributed by atoms with Crippen molar-refractivity contribution in [3.05, 3.63) is 33.8 Å². The number of hydrogen-bond donors (Lipinski definition) is 2. The topological polar surface area (TPSA) is 48.9 Å². The van der Waals surface area contributed by atoms with E-state index in [0.29, 0.717) is 22.5 Å². The van der Waals surface area contributed by atoms with E-state index in [1.54, 1.807) is 20.2 Å². The number of halogens is 2. The number of piperidine rings is 1. The van der Waals surface area contributed by atoms with E-state index in [2.05, 4.69) is 20.5 Å². The minimum atomic E-state index is 0.616. The largest absolute Gasteiger partial charge is 0.383 e. The molecule has 5 nitrogen and oxygen atoms in total. The molecule has 2 rings (SSSR count). The quantitative estimate of drug-likeness (QED) is 0.558. The second-order valence-corrected chi connectivity index (χ2v) is 7.16. The average molecular weight is 387 g/mol. The number of methoxy groups -OCH3 is 1. The first-order valence-electron chi connectivity index (χ1n) is 8.72. The van der Waals surface area contributed by atoms with Gasteiger partial charge in [0.15, 0.2) is 5.96 Å². The van der Waals surface area contributed by atoms with Gasteiger partial charge >= 0.3 is 0 Å². The Labute approximate surface area is 160 Å². The number of nitrogens with one attached hydrogen (secondary N) is 2. The summed E-state index contributed by atoms with van der Waals surface area (Å²) in [7, 11) is 3.54.